The van der Waals surface area contributed by atoms with Gasteiger partial charge in [0, 0.05) is 41.9 Å². The summed E-state index contributed by atoms with van der Waals surface area (Å²) in [6.07, 6.45) is 5.97. The molecule has 1 saturated heterocycles. The van der Waals surface area contributed by atoms with Gasteiger partial charge in [-0.05, 0) is 55.4 Å². The van der Waals surface area contributed by atoms with E-state index in [4.69, 9.17) is 22.2 Å². The van der Waals surface area contributed by atoms with Gasteiger partial charge in [0.15, 0.2) is 5.11 Å². The number of benzene rings is 2. The highest BCUT2D eigenvalue weighted by molar-refractivity contribution is 7.80. The molecule has 0 saturated carbocycles. The van der Waals surface area contributed by atoms with E-state index in [2.05, 4.69) is 32.3 Å². The molecule has 6 rings (SSSR count). The van der Waals surface area contributed by atoms with Gasteiger partial charge in [-0.2, -0.15) is 0 Å². The number of fused-ring (bicyclic) bond motifs is 7. The van der Waals surface area contributed by atoms with E-state index in [-0.39, 0.29) is 0 Å². The zero-order valence-corrected chi connectivity index (χ0v) is 17.0. The highest BCUT2D eigenvalue weighted by Gasteiger charge is 2.16. The summed E-state index contributed by atoms with van der Waals surface area (Å²) in [4.78, 5) is 21.3. The number of nitrogens with zero attached hydrogens (tertiary/aromatic N) is 5. The Balaban J connectivity index is 1.55. The van der Waals surface area contributed by atoms with Gasteiger partial charge in [0.2, 0.25) is 0 Å². The molecular weight excluding hydrogens is 392 g/mol. The highest BCUT2D eigenvalue weighted by Crippen LogP contribution is 2.32. The number of thiocarbonyl (C=S) groups is 1. The third-order valence-corrected chi connectivity index (χ3v) is 6.02. The maximum Gasteiger partial charge on any atom is 0.173 e. The summed E-state index contributed by atoms with van der Waals surface area (Å²) >= 11 is 5.57. The summed E-state index contributed by atoms with van der Waals surface area (Å²) in [6, 6.07) is 14.0. The normalized spacial score (nSPS) is 14.2. The second-order valence-electron chi connectivity index (χ2n) is 7.55. The quantitative estimate of drug-likeness (QED) is 0.245. The van der Waals surface area contributed by atoms with Crippen LogP contribution in [0.15, 0.2) is 54.9 Å². The van der Waals surface area contributed by atoms with Gasteiger partial charge in [-0.3, -0.25) is 9.97 Å². The first-order valence-corrected chi connectivity index (χ1v) is 10.5. The van der Waals surface area contributed by atoms with Crippen molar-refractivity contribution in [3.8, 4) is 0 Å². The van der Waals surface area contributed by atoms with E-state index in [0.717, 1.165) is 67.8 Å². The molecule has 4 heterocycles. The summed E-state index contributed by atoms with van der Waals surface area (Å²) < 4.78 is 0. The molecule has 5 aromatic rings. The van der Waals surface area contributed by atoms with Crippen molar-refractivity contribution in [2.45, 2.75) is 12.8 Å². The molecule has 1 aliphatic rings. The standard InChI is InChI=1S/C23H18N6S/c30-23(29-11-1-2-12-29)26-14-7-8-17-18(13-14)28-22-20-16(6-4-10-25-20)15-5-3-9-24-19(15)21(22)27-17/h3-10,13H,1-2,11-12H2,(H,26,30). The van der Waals surface area contributed by atoms with Gasteiger partial charge in [-0.25, -0.2) is 9.97 Å². The SMILES string of the molecule is S=C(Nc1ccc2nc3c4ncccc4c4cccnc4c3nc2c1)N1CCCC1. The Kier molecular flexibility index (Phi) is 3.95. The molecule has 6 nitrogen and oxygen atoms in total. The minimum Gasteiger partial charge on any atom is -0.349 e. The molecule has 2 aromatic carbocycles. The molecule has 0 aliphatic carbocycles. The fraction of sp³-hybridized carbons (Fsp3) is 0.174. The molecular formula is C23H18N6S. The molecule has 0 radical (unpaired) electrons. The first kappa shape index (κ1) is 17.4. The zero-order valence-electron chi connectivity index (χ0n) is 16.2. The van der Waals surface area contributed by atoms with Crippen molar-refractivity contribution in [1.29, 1.82) is 0 Å². The van der Waals surface area contributed by atoms with E-state index >= 15 is 0 Å². The van der Waals surface area contributed by atoms with Crippen LogP contribution in [0.2, 0.25) is 0 Å². The molecule has 0 atom stereocenters. The largest absolute Gasteiger partial charge is 0.349 e. The lowest BCUT2D eigenvalue weighted by molar-refractivity contribution is 0.528. The lowest BCUT2D eigenvalue weighted by Crippen LogP contribution is -2.31. The van der Waals surface area contributed by atoms with Gasteiger partial charge < -0.3 is 10.2 Å². The number of nitrogens with one attached hydrogen (secondary N) is 1. The molecule has 3 aromatic heterocycles. The Labute approximate surface area is 178 Å². The second-order valence-corrected chi connectivity index (χ2v) is 7.93. The Morgan fingerprint density at radius 2 is 1.43 bits per heavy atom. The van der Waals surface area contributed by atoms with Crippen LogP contribution in [0.4, 0.5) is 5.69 Å². The van der Waals surface area contributed by atoms with Crippen LogP contribution >= 0.6 is 12.2 Å². The molecule has 1 N–H and O–H groups in total. The summed E-state index contributed by atoms with van der Waals surface area (Å²) in [7, 11) is 0. The number of pyridine rings is 2. The van der Waals surface area contributed by atoms with E-state index in [1.54, 1.807) is 12.4 Å². The van der Waals surface area contributed by atoms with Gasteiger partial charge >= 0.3 is 0 Å². The van der Waals surface area contributed by atoms with Crippen molar-refractivity contribution >= 4 is 66.9 Å². The Morgan fingerprint density at radius 1 is 0.800 bits per heavy atom. The van der Waals surface area contributed by atoms with Crippen molar-refractivity contribution in [1.82, 2.24) is 24.8 Å². The average molecular weight is 411 g/mol. The molecule has 30 heavy (non-hydrogen) atoms. The Bertz CT molecular complexity index is 1460. The van der Waals surface area contributed by atoms with E-state index in [1.807, 2.05) is 30.3 Å². The first-order valence-electron chi connectivity index (χ1n) is 10.1. The monoisotopic (exact) mass is 410 g/mol. The van der Waals surface area contributed by atoms with Crippen LogP contribution in [0.3, 0.4) is 0 Å². The van der Waals surface area contributed by atoms with Crippen molar-refractivity contribution in [3.05, 3.63) is 54.9 Å². The van der Waals surface area contributed by atoms with Crippen LogP contribution in [-0.2, 0) is 0 Å². The van der Waals surface area contributed by atoms with Crippen LogP contribution in [0.1, 0.15) is 12.8 Å². The van der Waals surface area contributed by atoms with E-state index in [9.17, 15) is 0 Å². The van der Waals surface area contributed by atoms with Gasteiger partial charge in [-0.15, -0.1) is 0 Å². The smallest absolute Gasteiger partial charge is 0.173 e. The van der Waals surface area contributed by atoms with Crippen molar-refractivity contribution in [2.75, 3.05) is 18.4 Å². The third-order valence-electron chi connectivity index (χ3n) is 5.66. The van der Waals surface area contributed by atoms with E-state index in [1.165, 1.54) is 12.8 Å². The number of hydrogen-bond donors (Lipinski definition) is 1. The van der Waals surface area contributed by atoms with Crippen molar-refractivity contribution < 1.29 is 0 Å². The van der Waals surface area contributed by atoms with Crippen molar-refractivity contribution in [3.63, 3.8) is 0 Å². The molecule has 7 heteroatoms. The summed E-state index contributed by atoms with van der Waals surface area (Å²) in [5.41, 5.74) is 5.78. The molecule has 0 amide bonds. The maximum atomic E-state index is 5.57. The van der Waals surface area contributed by atoms with Crippen molar-refractivity contribution in [2.24, 2.45) is 0 Å². The summed E-state index contributed by atoms with van der Waals surface area (Å²) in [5.74, 6) is 0. The predicted molar refractivity (Wildman–Crippen MR) is 125 cm³/mol. The molecule has 0 unspecified atom stereocenters. The lowest BCUT2D eigenvalue weighted by Gasteiger charge is -2.19. The Morgan fingerprint density at radius 3 is 2.10 bits per heavy atom. The lowest BCUT2D eigenvalue weighted by atomic mass is 10.1. The summed E-state index contributed by atoms with van der Waals surface area (Å²) in [5, 5.41) is 6.19. The fourth-order valence-electron chi connectivity index (χ4n) is 4.21. The molecule has 146 valence electrons. The van der Waals surface area contributed by atoms with Gasteiger partial charge in [0.25, 0.3) is 0 Å². The van der Waals surface area contributed by atoms with Gasteiger partial charge in [-0.1, -0.05) is 12.1 Å². The van der Waals surface area contributed by atoms with Crippen LogP contribution in [0, 0.1) is 0 Å². The molecule has 0 spiro atoms. The molecule has 1 aliphatic heterocycles. The highest BCUT2D eigenvalue weighted by atomic mass is 32.1. The maximum absolute atomic E-state index is 5.57. The third kappa shape index (κ3) is 2.74. The summed E-state index contributed by atoms with van der Waals surface area (Å²) in [6.45, 7) is 2.03. The number of likely N-dealkylation sites (tertiary alicyclic amines) is 1. The number of hydrogen-bond acceptors (Lipinski definition) is 5. The predicted octanol–water partition coefficient (Wildman–Crippen LogP) is 4.67. The Hall–Kier alpha value is -3.45. The zero-order chi connectivity index (χ0) is 20.1. The van der Waals surface area contributed by atoms with E-state index < -0.39 is 0 Å². The molecule has 1 fully saturated rings. The van der Waals surface area contributed by atoms with E-state index in [0.29, 0.717) is 0 Å². The van der Waals surface area contributed by atoms with Gasteiger partial charge in [0.1, 0.15) is 11.0 Å². The average Bonchev–Trinajstić information content (AvgIpc) is 3.33. The fourth-order valence-corrected chi connectivity index (χ4v) is 4.51. The first-order chi connectivity index (χ1) is 14.8. The topological polar surface area (TPSA) is 66.8 Å². The van der Waals surface area contributed by atoms with Crippen LogP contribution in [-0.4, -0.2) is 43.0 Å². The van der Waals surface area contributed by atoms with Crippen LogP contribution in [0.25, 0.3) is 43.9 Å². The van der Waals surface area contributed by atoms with Crippen LogP contribution in [0.5, 0.6) is 0 Å². The number of rotatable bonds is 1. The minimum absolute atomic E-state index is 0.767. The number of anilines is 1. The minimum atomic E-state index is 0.767. The second kappa shape index (κ2) is 6.81. The molecule has 0 bridgehead atoms. The van der Waals surface area contributed by atoms with Gasteiger partial charge in [0.05, 0.1) is 22.1 Å². The van der Waals surface area contributed by atoms with Crippen LogP contribution < -0.4 is 5.32 Å². The number of aromatic nitrogens is 4.